The summed E-state index contributed by atoms with van der Waals surface area (Å²) in [4.78, 5) is 79.9. The number of hydrogen-bond acceptors (Lipinski definition) is 12. The van der Waals surface area contributed by atoms with Gasteiger partial charge in [-0.1, -0.05) is 12.1 Å². The zero-order valence-electron chi connectivity index (χ0n) is 40.2. The molecule has 3 aromatic heterocycles. The topological polar surface area (TPSA) is 189 Å². The number of piperazine rings is 1. The summed E-state index contributed by atoms with van der Waals surface area (Å²) in [7, 11) is 0. The molecule has 2 aromatic carbocycles. The van der Waals surface area contributed by atoms with Crippen molar-refractivity contribution in [2.24, 2.45) is 0 Å². The smallest absolute Gasteiger partial charge is 0.255 e. The Morgan fingerprint density at radius 1 is 0.903 bits per heavy atom. The normalized spacial score (nSPS) is 19.8. The molecule has 1 atom stereocenters. The number of likely N-dealkylation sites (tertiary alicyclic amines) is 1. The Balaban J connectivity index is 0.730. The maximum Gasteiger partial charge on any atom is 0.255 e. The quantitative estimate of drug-likeness (QED) is 0.152. The van der Waals surface area contributed by atoms with Crippen LogP contribution in [-0.4, -0.2) is 147 Å². The predicted molar refractivity (Wildman–Crippen MR) is 261 cm³/mol. The Hall–Kier alpha value is -7.30. The maximum absolute atomic E-state index is 14.9. The van der Waals surface area contributed by atoms with Crippen LogP contribution in [0, 0.1) is 23.0 Å². The van der Waals surface area contributed by atoms with Crippen LogP contribution < -0.4 is 20.3 Å². The molecule has 5 aliphatic heterocycles. The van der Waals surface area contributed by atoms with Gasteiger partial charge in [-0.2, -0.15) is 10.4 Å². The van der Waals surface area contributed by atoms with E-state index in [4.69, 9.17) is 9.72 Å². The average molecular weight is 982 g/mol. The van der Waals surface area contributed by atoms with Crippen LogP contribution in [0.25, 0.3) is 16.6 Å². The van der Waals surface area contributed by atoms with Crippen molar-refractivity contribution >= 4 is 40.9 Å². The second-order valence-corrected chi connectivity index (χ2v) is 19.6. The van der Waals surface area contributed by atoms with Crippen molar-refractivity contribution in [1.82, 2.24) is 44.8 Å². The maximum atomic E-state index is 14.9. The van der Waals surface area contributed by atoms with Gasteiger partial charge in [0.05, 0.1) is 41.2 Å². The summed E-state index contributed by atoms with van der Waals surface area (Å²) in [5.41, 5.74) is 4.11. The van der Waals surface area contributed by atoms with Crippen LogP contribution in [0.5, 0.6) is 5.75 Å². The van der Waals surface area contributed by atoms with Crippen molar-refractivity contribution < 1.29 is 37.5 Å². The van der Waals surface area contributed by atoms with Gasteiger partial charge in [0, 0.05) is 94.6 Å². The molecule has 19 heteroatoms. The molecule has 0 unspecified atom stereocenters. The molecule has 17 nitrogen and oxygen atoms in total. The van der Waals surface area contributed by atoms with Crippen molar-refractivity contribution in [1.29, 1.82) is 5.26 Å². The fraction of sp³-hybridized carbons (Fsp3) is 0.434. The third-order valence-corrected chi connectivity index (χ3v) is 15.2. The van der Waals surface area contributed by atoms with Crippen LogP contribution in [0.1, 0.15) is 95.2 Å². The number of benzene rings is 2. The van der Waals surface area contributed by atoms with Crippen LogP contribution in [0.4, 0.5) is 14.6 Å². The van der Waals surface area contributed by atoms with Gasteiger partial charge in [-0.25, -0.2) is 18.3 Å². The SMILES string of the molecule is CCOc1cc(-c2ccc(N3CCC(CN4CCN(C(=O)CCN5CCC(c6ccc7c(c6)C(=O)N([C@H]6CCC(=O)NC6=O)C7)CC5)CC4)(NC(=O)c4cc(F)ccc4F)CC3)nc2)c2c(C#N)cnn2c1. The molecule has 8 heterocycles. The number of anilines is 1. The third-order valence-electron chi connectivity index (χ3n) is 15.2. The summed E-state index contributed by atoms with van der Waals surface area (Å²) in [6, 6.07) is 16.3. The molecule has 0 bridgehead atoms. The molecule has 72 heavy (non-hydrogen) atoms. The number of piperidine rings is 3. The molecule has 4 fully saturated rings. The summed E-state index contributed by atoms with van der Waals surface area (Å²) < 4.78 is 36.6. The fourth-order valence-corrected chi connectivity index (χ4v) is 11.2. The van der Waals surface area contributed by atoms with Crippen LogP contribution in [0.15, 0.2) is 73.2 Å². The number of carbonyl (C=O) groups excluding carboxylic acids is 5. The van der Waals surface area contributed by atoms with Crippen LogP contribution >= 0.6 is 0 Å². The van der Waals surface area contributed by atoms with E-state index in [0.29, 0.717) is 114 Å². The molecule has 0 radical (unpaired) electrons. The second-order valence-electron chi connectivity index (χ2n) is 19.6. The van der Waals surface area contributed by atoms with Gasteiger partial charge in [-0.3, -0.25) is 34.2 Å². The van der Waals surface area contributed by atoms with E-state index in [0.717, 1.165) is 72.2 Å². The molecule has 0 aliphatic carbocycles. The minimum Gasteiger partial charge on any atom is -0.492 e. The van der Waals surface area contributed by atoms with E-state index in [1.807, 2.05) is 42.2 Å². The van der Waals surface area contributed by atoms with Gasteiger partial charge in [0.15, 0.2) is 0 Å². The second kappa shape index (κ2) is 20.4. The number of amides is 5. The number of imide groups is 1. The van der Waals surface area contributed by atoms with Gasteiger partial charge in [-0.05, 0) is 112 Å². The standard InChI is InChI=1S/C53H57F2N11O6/c1-2-72-40-27-41(49-38(28-56)30-58-66(49)32-40)36-5-9-46(57-29-36)63-19-14-53(15-20-63,60-50(69)43-26-39(54)6-7-44(43)55)33-62-21-23-64(24-22-62)48(68)13-18-61-16-11-34(12-17-61)35-3-4-37-31-65(52(71)42(37)25-35)45-8-10-47(67)59-51(45)70/h3-7,9,25-27,29-30,32,34,45H,2,8,10-24,31,33H2,1H3,(H,60,69)(H,59,67,70)/t45-/m0/s1. The number of nitrogens with zero attached hydrogens (tertiary/aromatic N) is 9. The minimum atomic E-state index is -0.803. The van der Waals surface area contributed by atoms with Gasteiger partial charge >= 0.3 is 0 Å². The van der Waals surface area contributed by atoms with E-state index in [1.165, 1.54) is 6.20 Å². The highest BCUT2D eigenvalue weighted by molar-refractivity contribution is 6.05. The number of nitrogens with one attached hydrogen (secondary N) is 2. The number of aromatic nitrogens is 3. The largest absolute Gasteiger partial charge is 0.492 e. The van der Waals surface area contributed by atoms with Gasteiger partial charge < -0.3 is 29.7 Å². The number of nitriles is 1. The Bertz CT molecular complexity index is 2950. The number of halogens is 2. The summed E-state index contributed by atoms with van der Waals surface area (Å²) >= 11 is 0. The predicted octanol–water partition coefficient (Wildman–Crippen LogP) is 4.89. The number of fused-ring (bicyclic) bond motifs is 2. The molecule has 5 aliphatic rings. The van der Waals surface area contributed by atoms with Gasteiger partial charge in [0.2, 0.25) is 17.7 Å². The number of pyridine rings is 2. The fourth-order valence-electron chi connectivity index (χ4n) is 11.2. The Morgan fingerprint density at radius 2 is 1.69 bits per heavy atom. The number of carbonyl (C=O) groups is 5. The van der Waals surface area contributed by atoms with E-state index < -0.39 is 35.0 Å². The van der Waals surface area contributed by atoms with E-state index in [-0.39, 0.29) is 35.6 Å². The number of ether oxygens (including phenoxy) is 1. The number of rotatable bonds is 13. The highest BCUT2D eigenvalue weighted by Gasteiger charge is 2.41. The average Bonchev–Trinajstić information content (AvgIpc) is 3.96. The van der Waals surface area contributed by atoms with Crippen molar-refractivity contribution in [2.75, 3.05) is 77.0 Å². The van der Waals surface area contributed by atoms with E-state index in [9.17, 15) is 38.0 Å². The van der Waals surface area contributed by atoms with Gasteiger partial charge in [-0.15, -0.1) is 0 Å². The minimum absolute atomic E-state index is 0.0907. The lowest BCUT2D eigenvalue weighted by atomic mass is 9.86. The molecule has 10 rings (SSSR count). The first-order valence-corrected chi connectivity index (χ1v) is 24.9. The summed E-state index contributed by atoms with van der Waals surface area (Å²) in [6.45, 7) is 8.76. The van der Waals surface area contributed by atoms with E-state index >= 15 is 0 Å². The Labute approximate surface area is 415 Å². The Kier molecular flexibility index (Phi) is 13.7. The molecule has 2 N–H and O–H groups in total. The molecular formula is C53H57F2N11O6. The van der Waals surface area contributed by atoms with Crippen molar-refractivity contribution in [2.45, 2.75) is 75.9 Å². The third kappa shape index (κ3) is 9.97. The molecule has 5 aromatic rings. The van der Waals surface area contributed by atoms with Crippen molar-refractivity contribution in [3.63, 3.8) is 0 Å². The molecule has 0 saturated carbocycles. The highest BCUT2D eigenvalue weighted by Crippen LogP contribution is 2.36. The molecular weight excluding hydrogens is 925 g/mol. The first-order valence-electron chi connectivity index (χ1n) is 24.9. The molecule has 5 amide bonds. The zero-order valence-corrected chi connectivity index (χ0v) is 40.2. The zero-order chi connectivity index (χ0) is 50.1. The van der Waals surface area contributed by atoms with E-state index in [2.05, 4.69) is 42.6 Å². The molecule has 0 spiro atoms. The highest BCUT2D eigenvalue weighted by atomic mass is 19.1. The van der Waals surface area contributed by atoms with E-state index in [1.54, 1.807) is 21.8 Å². The molecule has 4 saturated heterocycles. The first kappa shape index (κ1) is 48.3. The van der Waals surface area contributed by atoms with Crippen molar-refractivity contribution in [3.05, 3.63) is 113 Å². The summed E-state index contributed by atoms with van der Waals surface area (Å²) in [6.07, 6.45) is 8.76. The van der Waals surface area contributed by atoms with Gasteiger partial charge in [0.25, 0.3) is 11.8 Å². The van der Waals surface area contributed by atoms with Crippen molar-refractivity contribution in [3.8, 4) is 22.9 Å². The monoisotopic (exact) mass is 981 g/mol. The van der Waals surface area contributed by atoms with Gasteiger partial charge in [0.1, 0.15) is 35.3 Å². The van der Waals surface area contributed by atoms with Crippen LogP contribution in [-0.2, 0) is 20.9 Å². The lowest BCUT2D eigenvalue weighted by Gasteiger charge is -2.46. The van der Waals surface area contributed by atoms with Crippen LogP contribution in [0.3, 0.4) is 0 Å². The summed E-state index contributed by atoms with van der Waals surface area (Å²) in [5, 5.41) is 19.6. The Morgan fingerprint density at radius 3 is 2.42 bits per heavy atom. The lowest BCUT2D eigenvalue weighted by molar-refractivity contribution is -0.137. The number of hydrogen-bond donors (Lipinski definition) is 2. The lowest BCUT2D eigenvalue weighted by Crippen LogP contribution is -2.62. The summed E-state index contributed by atoms with van der Waals surface area (Å²) in [5.74, 6) is -1.38. The van der Waals surface area contributed by atoms with Crippen LogP contribution in [0.2, 0.25) is 0 Å². The first-order chi connectivity index (χ1) is 34.9. The molecule has 374 valence electrons.